The summed E-state index contributed by atoms with van der Waals surface area (Å²) in [4.78, 5) is 0. The van der Waals surface area contributed by atoms with Gasteiger partial charge in [0.15, 0.2) is 0 Å². The minimum atomic E-state index is 0.326. The Hall–Kier alpha value is -0.540. The highest BCUT2D eigenvalue weighted by atomic mass is 79.9. The smallest absolute Gasteiger partial charge is 0.117 e. The lowest BCUT2D eigenvalue weighted by Gasteiger charge is -1.98. The molecule has 13 heavy (non-hydrogen) atoms. The van der Waals surface area contributed by atoms with Gasteiger partial charge in [-0.3, -0.25) is 0 Å². The van der Waals surface area contributed by atoms with Crippen molar-refractivity contribution in [1.29, 1.82) is 0 Å². The van der Waals surface area contributed by atoms with Crippen LogP contribution < -0.4 is 0 Å². The lowest BCUT2D eigenvalue weighted by atomic mass is 10.1. The van der Waals surface area contributed by atoms with Crippen molar-refractivity contribution in [3.63, 3.8) is 0 Å². The molecule has 2 aromatic rings. The third-order valence-electron chi connectivity index (χ3n) is 2.07. The number of thiophene rings is 1. The maximum atomic E-state index is 9.42. The van der Waals surface area contributed by atoms with Gasteiger partial charge < -0.3 is 5.11 Å². The molecule has 1 nitrogen and oxygen atoms in total. The zero-order valence-electron chi connectivity index (χ0n) is 7.17. The summed E-state index contributed by atoms with van der Waals surface area (Å²) in [6, 6.07) is 3.56. The molecule has 0 aliphatic heterocycles. The summed E-state index contributed by atoms with van der Waals surface area (Å²) in [6.45, 7) is 2.12. The third kappa shape index (κ3) is 1.46. The molecule has 0 unspecified atom stereocenters. The van der Waals surface area contributed by atoms with Gasteiger partial charge in [-0.25, -0.2) is 0 Å². The van der Waals surface area contributed by atoms with Crippen molar-refractivity contribution in [2.24, 2.45) is 0 Å². The molecule has 0 atom stereocenters. The second kappa shape index (κ2) is 3.31. The highest BCUT2D eigenvalue weighted by Crippen LogP contribution is 2.35. The van der Waals surface area contributed by atoms with Crippen LogP contribution in [0, 0.1) is 0 Å². The number of phenolic OH excluding ortho intramolecular Hbond substituents is 1. The molecule has 1 heterocycles. The second-order valence-corrected chi connectivity index (χ2v) is 4.65. The van der Waals surface area contributed by atoms with Gasteiger partial charge in [-0.1, -0.05) is 6.92 Å². The fourth-order valence-corrected chi connectivity index (χ4v) is 3.18. The predicted octanol–water partition coefficient (Wildman–Crippen LogP) is 3.93. The van der Waals surface area contributed by atoms with E-state index in [0.717, 1.165) is 10.9 Å². The van der Waals surface area contributed by atoms with Crippen molar-refractivity contribution in [1.82, 2.24) is 0 Å². The Morgan fingerprint density at radius 1 is 1.46 bits per heavy atom. The molecule has 3 heteroatoms. The molecule has 0 amide bonds. The zero-order chi connectivity index (χ0) is 9.42. The minimum Gasteiger partial charge on any atom is -0.508 e. The number of rotatable bonds is 1. The number of hydrogen-bond donors (Lipinski definition) is 1. The summed E-state index contributed by atoms with van der Waals surface area (Å²) in [6.07, 6.45) is 1.01. The molecule has 0 saturated heterocycles. The molecule has 0 bridgehead atoms. The van der Waals surface area contributed by atoms with Crippen LogP contribution in [0.3, 0.4) is 0 Å². The van der Waals surface area contributed by atoms with Crippen molar-refractivity contribution in [3.05, 3.63) is 27.5 Å². The van der Waals surface area contributed by atoms with Gasteiger partial charge in [0.1, 0.15) is 5.75 Å². The largest absolute Gasteiger partial charge is 0.508 e. The second-order valence-electron chi connectivity index (χ2n) is 2.92. The van der Waals surface area contributed by atoms with E-state index in [-0.39, 0.29) is 0 Å². The van der Waals surface area contributed by atoms with Gasteiger partial charge in [-0.05, 0) is 45.4 Å². The Kier molecular flexibility index (Phi) is 2.30. The van der Waals surface area contributed by atoms with Crippen LogP contribution in [0.4, 0.5) is 0 Å². The SMILES string of the molecule is CCc1csc2c(Br)cc(O)cc12. The molecular weight excluding hydrogens is 248 g/mol. The van der Waals surface area contributed by atoms with Gasteiger partial charge in [-0.2, -0.15) is 0 Å². The Balaban J connectivity index is 2.82. The minimum absolute atomic E-state index is 0.326. The highest BCUT2D eigenvalue weighted by molar-refractivity contribution is 9.10. The molecule has 1 N–H and O–H groups in total. The fraction of sp³-hybridized carbons (Fsp3) is 0.200. The Morgan fingerprint density at radius 2 is 2.23 bits per heavy atom. The van der Waals surface area contributed by atoms with Crippen molar-refractivity contribution in [3.8, 4) is 5.75 Å². The average Bonchev–Trinajstić information content (AvgIpc) is 2.47. The number of aromatic hydroxyl groups is 1. The van der Waals surface area contributed by atoms with Crippen LogP contribution in [0.2, 0.25) is 0 Å². The van der Waals surface area contributed by atoms with Crippen LogP contribution in [-0.4, -0.2) is 5.11 Å². The summed E-state index contributed by atoms with van der Waals surface area (Å²) in [5.41, 5.74) is 1.30. The van der Waals surface area contributed by atoms with Crippen LogP contribution in [0.15, 0.2) is 22.0 Å². The topological polar surface area (TPSA) is 20.2 Å². The molecule has 0 radical (unpaired) electrons. The maximum absolute atomic E-state index is 9.42. The molecular formula is C10H9BrOS. The van der Waals surface area contributed by atoms with Crippen molar-refractivity contribution in [2.45, 2.75) is 13.3 Å². The van der Waals surface area contributed by atoms with E-state index in [1.54, 1.807) is 17.4 Å². The van der Waals surface area contributed by atoms with Gasteiger partial charge in [0.25, 0.3) is 0 Å². The van der Waals surface area contributed by atoms with E-state index in [1.165, 1.54) is 15.6 Å². The first-order valence-corrected chi connectivity index (χ1v) is 5.78. The van der Waals surface area contributed by atoms with E-state index >= 15 is 0 Å². The molecule has 0 aliphatic carbocycles. The average molecular weight is 257 g/mol. The number of fused-ring (bicyclic) bond motifs is 1. The van der Waals surface area contributed by atoms with Crippen LogP contribution in [0.25, 0.3) is 10.1 Å². The predicted molar refractivity (Wildman–Crippen MR) is 60.6 cm³/mol. The molecule has 0 fully saturated rings. The summed E-state index contributed by atoms with van der Waals surface area (Å²) in [5.74, 6) is 0.326. The summed E-state index contributed by atoms with van der Waals surface area (Å²) in [7, 11) is 0. The lowest BCUT2D eigenvalue weighted by Crippen LogP contribution is -1.75. The molecule has 0 spiro atoms. The number of halogens is 1. The number of aryl methyl sites for hydroxylation is 1. The number of benzene rings is 1. The quantitative estimate of drug-likeness (QED) is 0.820. The number of phenols is 1. The molecule has 1 aromatic heterocycles. The van der Waals surface area contributed by atoms with Gasteiger partial charge in [0.2, 0.25) is 0 Å². The molecule has 2 rings (SSSR count). The number of hydrogen-bond acceptors (Lipinski definition) is 2. The van der Waals surface area contributed by atoms with E-state index in [1.807, 2.05) is 6.07 Å². The van der Waals surface area contributed by atoms with Crippen LogP contribution in [0.1, 0.15) is 12.5 Å². The summed E-state index contributed by atoms with van der Waals surface area (Å²) in [5, 5.41) is 12.7. The summed E-state index contributed by atoms with van der Waals surface area (Å²) >= 11 is 5.16. The fourth-order valence-electron chi connectivity index (χ4n) is 1.40. The lowest BCUT2D eigenvalue weighted by molar-refractivity contribution is 0.476. The van der Waals surface area contributed by atoms with E-state index in [4.69, 9.17) is 0 Å². The van der Waals surface area contributed by atoms with Gasteiger partial charge in [-0.15, -0.1) is 11.3 Å². The van der Waals surface area contributed by atoms with Gasteiger partial charge >= 0.3 is 0 Å². The van der Waals surface area contributed by atoms with Crippen LogP contribution in [-0.2, 0) is 6.42 Å². The Labute approximate surface area is 89.1 Å². The van der Waals surface area contributed by atoms with Gasteiger partial charge in [0.05, 0.1) is 0 Å². The van der Waals surface area contributed by atoms with Crippen LogP contribution in [0.5, 0.6) is 5.75 Å². The molecule has 1 aromatic carbocycles. The normalized spacial score (nSPS) is 10.9. The summed E-state index contributed by atoms with van der Waals surface area (Å²) < 4.78 is 2.20. The maximum Gasteiger partial charge on any atom is 0.117 e. The third-order valence-corrected chi connectivity index (χ3v) is 4.04. The molecule has 0 saturated carbocycles. The zero-order valence-corrected chi connectivity index (χ0v) is 9.58. The monoisotopic (exact) mass is 256 g/mol. The van der Waals surface area contributed by atoms with E-state index in [9.17, 15) is 5.11 Å². The molecule has 0 aliphatic rings. The molecule has 68 valence electrons. The van der Waals surface area contributed by atoms with E-state index < -0.39 is 0 Å². The Bertz CT molecular complexity index is 447. The first-order valence-electron chi connectivity index (χ1n) is 4.11. The van der Waals surface area contributed by atoms with Crippen molar-refractivity contribution >= 4 is 37.4 Å². The van der Waals surface area contributed by atoms with Crippen molar-refractivity contribution in [2.75, 3.05) is 0 Å². The van der Waals surface area contributed by atoms with E-state index in [0.29, 0.717) is 5.75 Å². The standard InChI is InChI=1S/C10H9BrOS/c1-2-6-5-13-10-8(6)3-7(12)4-9(10)11/h3-5,12H,2H2,1H3. The van der Waals surface area contributed by atoms with Crippen LogP contribution >= 0.6 is 27.3 Å². The van der Waals surface area contributed by atoms with E-state index in [2.05, 4.69) is 28.2 Å². The van der Waals surface area contributed by atoms with Gasteiger partial charge in [0, 0.05) is 14.6 Å². The highest BCUT2D eigenvalue weighted by Gasteiger charge is 2.06. The van der Waals surface area contributed by atoms with Crippen molar-refractivity contribution < 1.29 is 5.11 Å². The first-order chi connectivity index (χ1) is 6.22. The first kappa shape index (κ1) is 9.03. The Morgan fingerprint density at radius 3 is 2.92 bits per heavy atom.